The molecule has 13 heavy (non-hydrogen) atoms. The maximum Gasteiger partial charge on any atom is 0.280 e. The molecular weight excluding hydrogens is 174 g/mol. The Hall–Kier alpha value is -1.03. The number of nitrogens with zero attached hydrogens (tertiary/aromatic N) is 1. The van der Waals surface area contributed by atoms with Gasteiger partial charge in [-0.1, -0.05) is 6.07 Å². The van der Waals surface area contributed by atoms with Crippen LogP contribution in [0, 0.1) is 0 Å². The first-order chi connectivity index (χ1) is 6.24. The number of hydrogen-bond acceptors (Lipinski definition) is 2. The highest BCUT2D eigenvalue weighted by Crippen LogP contribution is 2.15. The van der Waals surface area contributed by atoms with Crippen LogP contribution in [-0.4, -0.2) is 11.5 Å². The van der Waals surface area contributed by atoms with Crippen LogP contribution in [0.3, 0.4) is 0 Å². The van der Waals surface area contributed by atoms with Gasteiger partial charge >= 0.3 is 0 Å². The predicted molar refractivity (Wildman–Crippen MR) is 46.6 cm³/mol. The van der Waals surface area contributed by atoms with Gasteiger partial charge in [0.05, 0.1) is 0 Å². The van der Waals surface area contributed by atoms with Gasteiger partial charge in [-0.2, -0.15) is 0 Å². The van der Waals surface area contributed by atoms with Gasteiger partial charge in [-0.3, -0.25) is 4.98 Å². The molecule has 0 bridgehead atoms. The molecule has 0 aliphatic heterocycles. The summed E-state index contributed by atoms with van der Waals surface area (Å²) in [5, 5.41) is 0. The lowest BCUT2D eigenvalue weighted by molar-refractivity contribution is 0.146. The Morgan fingerprint density at radius 3 is 2.62 bits per heavy atom. The number of aryl methyl sites for hydroxylation is 1. The van der Waals surface area contributed by atoms with E-state index < -0.39 is 6.43 Å². The highest BCUT2D eigenvalue weighted by Gasteiger charge is 2.07. The second-order valence-corrected chi connectivity index (χ2v) is 2.78. The van der Waals surface area contributed by atoms with Crippen LogP contribution in [0.2, 0.25) is 0 Å². The van der Waals surface area contributed by atoms with Gasteiger partial charge in [-0.15, -0.1) is 0 Å². The summed E-state index contributed by atoms with van der Waals surface area (Å²) in [5.41, 5.74) is 6.10. The number of aromatic nitrogens is 1. The fourth-order valence-electron chi connectivity index (χ4n) is 1.02. The van der Waals surface area contributed by atoms with Gasteiger partial charge in [0.25, 0.3) is 6.43 Å². The molecule has 0 radical (unpaired) electrons. The minimum Gasteiger partial charge on any atom is -0.330 e. The molecule has 2 nitrogen and oxygen atoms in total. The lowest BCUT2D eigenvalue weighted by Gasteiger charge is -2.01. The van der Waals surface area contributed by atoms with Gasteiger partial charge in [-0.25, -0.2) is 8.78 Å². The number of rotatable bonds is 4. The first kappa shape index (κ1) is 10.1. The van der Waals surface area contributed by atoms with E-state index in [0.29, 0.717) is 6.54 Å². The molecule has 0 atom stereocenters. The molecule has 0 aliphatic carbocycles. The molecule has 4 heteroatoms. The smallest absolute Gasteiger partial charge is 0.280 e. The van der Waals surface area contributed by atoms with Crippen molar-refractivity contribution in [3.05, 3.63) is 29.6 Å². The SMILES string of the molecule is NCCCc1ccc(C(F)F)nc1. The van der Waals surface area contributed by atoms with Crippen molar-refractivity contribution in [1.82, 2.24) is 4.98 Å². The monoisotopic (exact) mass is 186 g/mol. The van der Waals surface area contributed by atoms with Gasteiger partial charge in [0, 0.05) is 6.20 Å². The lowest BCUT2D eigenvalue weighted by Crippen LogP contribution is -2.01. The predicted octanol–water partition coefficient (Wildman–Crippen LogP) is 1.91. The largest absolute Gasteiger partial charge is 0.330 e. The standard InChI is InChI=1S/C9H12F2N2/c10-9(11)8-4-3-7(6-13-8)2-1-5-12/h3-4,6,9H,1-2,5,12H2. The fourth-order valence-corrected chi connectivity index (χ4v) is 1.02. The Morgan fingerprint density at radius 1 is 1.38 bits per heavy atom. The Balaban J connectivity index is 2.59. The van der Waals surface area contributed by atoms with Crippen molar-refractivity contribution in [1.29, 1.82) is 0 Å². The zero-order valence-electron chi connectivity index (χ0n) is 7.21. The van der Waals surface area contributed by atoms with Crippen LogP contribution in [0.1, 0.15) is 24.1 Å². The third-order valence-electron chi connectivity index (χ3n) is 1.74. The highest BCUT2D eigenvalue weighted by molar-refractivity contribution is 5.14. The molecule has 1 aromatic rings. The van der Waals surface area contributed by atoms with Gasteiger partial charge in [0.15, 0.2) is 0 Å². The van der Waals surface area contributed by atoms with Crippen molar-refractivity contribution in [2.24, 2.45) is 5.73 Å². The Morgan fingerprint density at radius 2 is 2.15 bits per heavy atom. The number of pyridine rings is 1. The Labute approximate surface area is 75.8 Å². The van der Waals surface area contributed by atoms with E-state index in [4.69, 9.17) is 5.73 Å². The van der Waals surface area contributed by atoms with Crippen LogP contribution in [0.25, 0.3) is 0 Å². The van der Waals surface area contributed by atoms with E-state index in [0.717, 1.165) is 18.4 Å². The maximum absolute atomic E-state index is 12.1. The van der Waals surface area contributed by atoms with Crippen LogP contribution in [-0.2, 0) is 6.42 Å². The molecule has 2 N–H and O–H groups in total. The zero-order valence-corrected chi connectivity index (χ0v) is 7.21. The highest BCUT2D eigenvalue weighted by atomic mass is 19.3. The lowest BCUT2D eigenvalue weighted by atomic mass is 10.1. The third-order valence-corrected chi connectivity index (χ3v) is 1.74. The van der Waals surface area contributed by atoms with E-state index in [1.54, 1.807) is 6.07 Å². The maximum atomic E-state index is 12.1. The molecule has 0 saturated heterocycles. The van der Waals surface area contributed by atoms with E-state index in [1.807, 2.05) is 0 Å². The van der Waals surface area contributed by atoms with Gasteiger partial charge in [-0.05, 0) is 31.0 Å². The number of halogens is 2. The van der Waals surface area contributed by atoms with Crippen molar-refractivity contribution in [2.75, 3.05) is 6.54 Å². The molecule has 1 aromatic heterocycles. The molecule has 0 fully saturated rings. The summed E-state index contributed by atoms with van der Waals surface area (Å²) in [5.74, 6) is 0. The van der Waals surface area contributed by atoms with Gasteiger partial charge in [0.2, 0.25) is 0 Å². The molecule has 1 rings (SSSR count). The second kappa shape index (κ2) is 4.87. The third kappa shape index (κ3) is 3.06. The first-order valence-corrected chi connectivity index (χ1v) is 4.17. The summed E-state index contributed by atoms with van der Waals surface area (Å²) in [6.07, 6.45) is 0.656. The second-order valence-electron chi connectivity index (χ2n) is 2.78. The van der Waals surface area contributed by atoms with Crippen LogP contribution >= 0.6 is 0 Å². The van der Waals surface area contributed by atoms with Crippen molar-refractivity contribution >= 4 is 0 Å². The van der Waals surface area contributed by atoms with Crippen LogP contribution in [0.4, 0.5) is 8.78 Å². The van der Waals surface area contributed by atoms with Crippen molar-refractivity contribution < 1.29 is 8.78 Å². The average Bonchev–Trinajstić information content (AvgIpc) is 2.15. The minimum absolute atomic E-state index is 0.170. The van der Waals surface area contributed by atoms with Crippen molar-refractivity contribution in [3.8, 4) is 0 Å². The van der Waals surface area contributed by atoms with Crippen LogP contribution < -0.4 is 5.73 Å². The molecule has 0 saturated carbocycles. The zero-order chi connectivity index (χ0) is 9.68. The first-order valence-electron chi connectivity index (χ1n) is 4.17. The summed E-state index contributed by atoms with van der Waals surface area (Å²) in [6, 6.07) is 3.03. The van der Waals surface area contributed by atoms with E-state index in [9.17, 15) is 8.78 Å². The molecule has 72 valence electrons. The summed E-state index contributed by atoms with van der Waals surface area (Å²) < 4.78 is 24.1. The van der Waals surface area contributed by atoms with E-state index in [2.05, 4.69) is 4.98 Å². The fraction of sp³-hybridized carbons (Fsp3) is 0.444. The molecule has 0 amide bonds. The molecule has 0 aromatic carbocycles. The Bertz CT molecular complexity index is 246. The Kier molecular flexibility index (Phi) is 3.76. The van der Waals surface area contributed by atoms with E-state index >= 15 is 0 Å². The topological polar surface area (TPSA) is 38.9 Å². The normalized spacial score (nSPS) is 10.8. The molecule has 0 aliphatic rings. The summed E-state index contributed by atoms with van der Waals surface area (Å²) in [4.78, 5) is 3.64. The molecule has 0 unspecified atom stereocenters. The van der Waals surface area contributed by atoms with Crippen molar-refractivity contribution in [2.45, 2.75) is 19.3 Å². The molecule has 0 spiro atoms. The average molecular weight is 186 g/mol. The number of nitrogens with two attached hydrogens (primary N) is 1. The molecular formula is C9H12F2N2. The van der Waals surface area contributed by atoms with E-state index in [-0.39, 0.29) is 5.69 Å². The summed E-state index contributed by atoms with van der Waals surface area (Å²) >= 11 is 0. The van der Waals surface area contributed by atoms with Gasteiger partial charge in [0.1, 0.15) is 5.69 Å². The number of alkyl halides is 2. The van der Waals surface area contributed by atoms with Crippen LogP contribution in [0.15, 0.2) is 18.3 Å². The number of hydrogen-bond donors (Lipinski definition) is 1. The quantitative estimate of drug-likeness (QED) is 0.780. The van der Waals surface area contributed by atoms with E-state index in [1.165, 1.54) is 12.3 Å². The summed E-state index contributed by atoms with van der Waals surface area (Å²) in [6.45, 7) is 0.608. The van der Waals surface area contributed by atoms with Crippen molar-refractivity contribution in [3.63, 3.8) is 0 Å². The van der Waals surface area contributed by atoms with Crippen LogP contribution in [0.5, 0.6) is 0 Å². The summed E-state index contributed by atoms with van der Waals surface area (Å²) in [7, 11) is 0. The minimum atomic E-state index is -2.48. The molecule has 1 heterocycles. The van der Waals surface area contributed by atoms with Gasteiger partial charge < -0.3 is 5.73 Å².